The maximum absolute atomic E-state index is 10.9. The van der Waals surface area contributed by atoms with Gasteiger partial charge in [0.05, 0.1) is 17.2 Å². The van der Waals surface area contributed by atoms with E-state index in [-0.39, 0.29) is 0 Å². The first kappa shape index (κ1) is 9.99. The number of amides is 1. The van der Waals surface area contributed by atoms with Gasteiger partial charge in [-0.3, -0.25) is 4.79 Å². The van der Waals surface area contributed by atoms with Crippen molar-refractivity contribution in [2.45, 2.75) is 6.92 Å². The second-order valence-electron chi connectivity index (χ2n) is 2.62. The number of hydrogen-bond acceptors (Lipinski definition) is 2. The highest BCUT2D eigenvalue weighted by atomic mass is 127. The second-order valence-corrected chi connectivity index (χ2v) is 3.79. The lowest BCUT2D eigenvalue weighted by Gasteiger charge is -2.02. The largest absolute Gasteiger partial charge is 0.366 e. The molecule has 0 spiro atoms. The molecule has 1 aromatic carbocycles. The van der Waals surface area contributed by atoms with Crippen LogP contribution in [0.25, 0.3) is 0 Å². The Bertz CT molecular complexity index is 407. The summed E-state index contributed by atoms with van der Waals surface area (Å²) < 4.78 is 0.779. The lowest BCUT2D eigenvalue weighted by molar-refractivity contribution is 0.0999. The number of carbonyl (C=O) groups is 1. The molecule has 1 rings (SSSR count). The summed E-state index contributed by atoms with van der Waals surface area (Å²) in [6.07, 6.45) is 0. The molecule has 0 fully saturated rings. The molecule has 0 saturated heterocycles. The number of nitrogens with two attached hydrogens (primary N) is 1. The van der Waals surface area contributed by atoms with Crippen LogP contribution in [-0.4, -0.2) is 5.91 Å². The van der Waals surface area contributed by atoms with Crippen molar-refractivity contribution in [1.82, 2.24) is 0 Å². The van der Waals surface area contributed by atoms with E-state index in [9.17, 15) is 4.79 Å². The summed E-state index contributed by atoms with van der Waals surface area (Å²) in [6.45, 7) is 1.82. The average Bonchev–Trinajstić information content (AvgIpc) is 2.03. The molecule has 0 aliphatic carbocycles. The monoisotopic (exact) mass is 286 g/mol. The third kappa shape index (κ3) is 1.98. The summed E-state index contributed by atoms with van der Waals surface area (Å²) >= 11 is 2.02. The van der Waals surface area contributed by atoms with E-state index in [1.807, 2.05) is 35.6 Å². The molecule has 0 bridgehead atoms. The molecule has 4 heteroatoms. The minimum atomic E-state index is -0.499. The zero-order valence-electron chi connectivity index (χ0n) is 6.97. The molecule has 0 unspecified atom stereocenters. The Hall–Kier alpha value is -1.09. The number of carbonyl (C=O) groups excluding carboxylic acids is 1. The van der Waals surface area contributed by atoms with Gasteiger partial charge in [-0.2, -0.15) is 5.26 Å². The van der Waals surface area contributed by atoms with Crippen molar-refractivity contribution in [1.29, 1.82) is 5.26 Å². The summed E-state index contributed by atoms with van der Waals surface area (Å²) in [7, 11) is 0. The minimum Gasteiger partial charge on any atom is -0.366 e. The molecule has 3 nitrogen and oxygen atoms in total. The minimum absolute atomic E-state index is 0.405. The van der Waals surface area contributed by atoms with Gasteiger partial charge >= 0.3 is 0 Å². The van der Waals surface area contributed by atoms with E-state index in [4.69, 9.17) is 11.0 Å². The lowest BCUT2D eigenvalue weighted by Crippen LogP contribution is -2.13. The number of nitriles is 1. The van der Waals surface area contributed by atoms with Crippen molar-refractivity contribution in [3.05, 3.63) is 32.4 Å². The van der Waals surface area contributed by atoms with E-state index in [2.05, 4.69) is 0 Å². The number of benzene rings is 1. The Kier molecular flexibility index (Phi) is 2.88. The Labute approximate surface area is 89.7 Å². The van der Waals surface area contributed by atoms with Crippen molar-refractivity contribution < 1.29 is 4.79 Å². The fourth-order valence-corrected chi connectivity index (χ4v) is 1.87. The third-order valence-corrected chi connectivity index (χ3v) is 2.59. The van der Waals surface area contributed by atoms with Crippen LogP contribution in [0.4, 0.5) is 0 Å². The van der Waals surface area contributed by atoms with Gasteiger partial charge in [0.25, 0.3) is 0 Å². The van der Waals surface area contributed by atoms with Crippen molar-refractivity contribution in [2.24, 2.45) is 5.73 Å². The number of rotatable bonds is 1. The van der Waals surface area contributed by atoms with Crippen LogP contribution in [0.15, 0.2) is 12.1 Å². The van der Waals surface area contributed by atoms with Crippen molar-refractivity contribution in [3.8, 4) is 6.07 Å². The van der Waals surface area contributed by atoms with Crippen molar-refractivity contribution in [3.63, 3.8) is 0 Å². The predicted octanol–water partition coefficient (Wildman–Crippen LogP) is 1.57. The third-order valence-electron chi connectivity index (χ3n) is 1.70. The van der Waals surface area contributed by atoms with Gasteiger partial charge in [0.1, 0.15) is 0 Å². The molecule has 0 heterocycles. The van der Waals surface area contributed by atoms with E-state index >= 15 is 0 Å². The molecule has 0 radical (unpaired) electrons. The fraction of sp³-hybridized carbons (Fsp3) is 0.111. The predicted molar refractivity (Wildman–Crippen MR) is 57.1 cm³/mol. The highest BCUT2D eigenvalue weighted by Crippen LogP contribution is 2.17. The number of primary amides is 1. The average molecular weight is 286 g/mol. The first-order valence-electron chi connectivity index (χ1n) is 3.56. The molecule has 1 aromatic rings. The van der Waals surface area contributed by atoms with Gasteiger partial charge in [-0.05, 0) is 47.2 Å². The summed E-state index contributed by atoms with van der Waals surface area (Å²) in [4.78, 5) is 10.9. The van der Waals surface area contributed by atoms with Crippen LogP contribution in [0.1, 0.15) is 21.5 Å². The lowest BCUT2D eigenvalue weighted by atomic mass is 10.1. The zero-order valence-corrected chi connectivity index (χ0v) is 9.12. The molecule has 0 atom stereocenters. The molecular formula is C9H7IN2O. The molecule has 66 valence electrons. The van der Waals surface area contributed by atoms with Crippen molar-refractivity contribution >= 4 is 28.5 Å². The van der Waals surface area contributed by atoms with Crippen LogP contribution in [-0.2, 0) is 0 Å². The topological polar surface area (TPSA) is 66.9 Å². The maximum Gasteiger partial charge on any atom is 0.249 e. The Morgan fingerprint density at radius 1 is 1.62 bits per heavy atom. The van der Waals surface area contributed by atoms with E-state index in [1.165, 1.54) is 6.07 Å². The van der Waals surface area contributed by atoms with Crippen LogP contribution in [0.5, 0.6) is 0 Å². The van der Waals surface area contributed by atoms with E-state index in [1.54, 1.807) is 6.07 Å². The molecular weight excluding hydrogens is 279 g/mol. The molecule has 0 aliphatic rings. The maximum atomic E-state index is 10.9. The Morgan fingerprint density at radius 2 is 2.23 bits per heavy atom. The Balaban J connectivity index is 3.41. The van der Waals surface area contributed by atoms with Crippen LogP contribution in [0.2, 0.25) is 0 Å². The number of hydrogen-bond donors (Lipinski definition) is 1. The molecule has 1 amide bonds. The van der Waals surface area contributed by atoms with Gasteiger partial charge in [0, 0.05) is 3.57 Å². The van der Waals surface area contributed by atoms with E-state index in [0.717, 1.165) is 9.13 Å². The van der Waals surface area contributed by atoms with Crippen LogP contribution >= 0.6 is 22.6 Å². The quantitative estimate of drug-likeness (QED) is 0.796. The Morgan fingerprint density at radius 3 is 2.69 bits per heavy atom. The summed E-state index contributed by atoms with van der Waals surface area (Å²) in [6, 6.07) is 5.31. The van der Waals surface area contributed by atoms with Crippen molar-refractivity contribution in [2.75, 3.05) is 0 Å². The molecule has 2 N–H and O–H groups in total. The van der Waals surface area contributed by atoms with Gasteiger partial charge in [0.2, 0.25) is 5.91 Å². The summed E-state index contributed by atoms with van der Waals surface area (Å²) in [5.74, 6) is -0.499. The zero-order chi connectivity index (χ0) is 10.0. The van der Waals surface area contributed by atoms with E-state index < -0.39 is 5.91 Å². The first-order chi connectivity index (χ1) is 6.06. The molecule has 0 aromatic heterocycles. The number of aryl methyl sites for hydroxylation is 1. The molecule has 0 saturated carbocycles. The summed E-state index contributed by atoms with van der Waals surface area (Å²) in [5, 5.41) is 8.71. The number of halogens is 1. The molecule has 0 aliphatic heterocycles. The van der Waals surface area contributed by atoms with Gasteiger partial charge in [0.15, 0.2) is 0 Å². The van der Waals surface area contributed by atoms with Crippen LogP contribution < -0.4 is 5.73 Å². The normalized spacial score (nSPS) is 9.31. The highest BCUT2D eigenvalue weighted by Gasteiger charge is 2.09. The molecule has 13 heavy (non-hydrogen) atoms. The first-order valence-corrected chi connectivity index (χ1v) is 4.64. The smallest absolute Gasteiger partial charge is 0.249 e. The van der Waals surface area contributed by atoms with Crippen LogP contribution in [0, 0.1) is 21.8 Å². The van der Waals surface area contributed by atoms with Gasteiger partial charge < -0.3 is 5.73 Å². The van der Waals surface area contributed by atoms with Gasteiger partial charge in [-0.15, -0.1) is 0 Å². The van der Waals surface area contributed by atoms with E-state index in [0.29, 0.717) is 11.1 Å². The summed E-state index contributed by atoms with van der Waals surface area (Å²) in [5.41, 5.74) is 6.89. The van der Waals surface area contributed by atoms with Gasteiger partial charge in [-0.25, -0.2) is 0 Å². The van der Waals surface area contributed by atoms with Crippen LogP contribution in [0.3, 0.4) is 0 Å². The highest BCUT2D eigenvalue weighted by molar-refractivity contribution is 14.1. The second kappa shape index (κ2) is 3.75. The standard InChI is InChI=1S/C9H7IN2O/c1-5-2-8(10)7(9(12)13)3-6(5)4-11/h2-3H,1H3,(H2,12,13). The fourth-order valence-electron chi connectivity index (χ4n) is 0.982. The number of nitrogens with zero attached hydrogens (tertiary/aromatic N) is 1. The van der Waals surface area contributed by atoms with Gasteiger partial charge in [-0.1, -0.05) is 0 Å². The SMILES string of the molecule is Cc1cc(I)c(C(N)=O)cc1C#N.